The van der Waals surface area contributed by atoms with E-state index in [2.05, 4.69) is 10.4 Å². The van der Waals surface area contributed by atoms with Gasteiger partial charge in [0.1, 0.15) is 6.04 Å². The van der Waals surface area contributed by atoms with Crippen LogP contribution in [0.15, 0.2) is 12.4 Å². The molecule has 1 unspecified atom stereocenters. The molecule has 0 aliphatic heterocycles. The summed E-state index contributed by atoms with van der Waals surface area (Å²) in [6, 6.07) is -1.62. The fourth-order valence-electron chi connectivity index (χ4n) is 1.30. The van der Waals surface area contributed by atoms with E-state index in [0.717, 1.165) is 0 Å². The van der Waals surface area contributed by atoms with Gasteiger partial charge in [-0.3, -0.25) is 4.68 Å². The first-order valence-corrected chi connectivity index (χ1v) is 4.73. The van der Waals surface area contributed by atoms with Crippen molar-refractivity contribution in [2.75, 3.05) is 6.54 Å². The average molecular weight is 221 g/mol. The third kappa shape index (κ3) is 3.23. The minimum atomic E-state index is -4.28. The van der Waals surface area contributed by atoms with Gasteiger partial charge in [0, 0.05) is 18.8 Å². The van der Waals surface area contributed by atoms with Gasteiger partial charge in [0.05, 0.1) is 6.20 Å². The lowest BCUT2D eigenvalue weighted by molar-refractivity contribution is -0.157. The van der Waals surface area contributed by atoms with Crippen LogP contribution in [0.2, 0.25) is 0 Å². The highest BCUT2D eigenvalue weighted by Crippen LogP contribution is 2.32. The van der Waals surface area contributed by atoms with Crippen LogP contribution in [0.25, 0.3) is 0 Å². The molecular formula is C9H14F3N3. The number of alkyl halides is 3. The highest BCUT2D eigenvalue weighted by molar-refractivity contribution is 5.12. The van der Waals surface area contributed by atoms with Crippen molar-refractivity contribution in [2.24, 2.45) is 7.05 Å². The van der Waals surface area contributed by atoms with Crippen molar-refractivity contribution in [2.45, 2.75) is 25.6 Å². The second kappa shape index (κ2) is 4.65. The number of aryl methyl sites for hydroxylation is 1. The summed E-state index contributed by atoms with van der Waals surface area (Å²) < 4.78 is 39.3. The Hall–Kier alpha value is -1.04. The van der Waals surface area contributed by atoms with Crippen LogP contribution in [0.5, 0.6) is 0 Å². The highest BCUT2D eigenvalue weighted by atomic mass is 19.4. The number of hydrogen-bond donors (Lipinski definition) is 1. The number of hydrogen-bond acceptors (Lipinski definition) is 2. The second-order valence-corrected chi connectivity index (χ2v) is 3.38. The first kappa shape index (κ1) is 12.0. The third-order valence-corrected chi connectivity index (χ3v) is 1.98. The van der Waals surface area contributed by atoms with Gasteiger partial charge in [-0.05, 0) is 13.0 Å². The van der Waals surface area contributed by atoms with Gasteiger partial charge in [0.2, 0.25) is 0 Å². The Balaban J connectivity index is 2.81. The van der Waals surface area contributed by atoms with E-state index in [1.165, 1.54) is 17.1 Å². The number of nitrogens with zero attached hydrogens (tertiary/aromatic N) is 2. The van der Waals surface area contributed by atoms with E-state index in [1.807, 2.05) is 6.92 Å². The molecule has 86 valence electrons. The summed E-state index contributed by atoms with van der Waals surface area (Å²) in [6.45, 7) is 2.16. The molecule has 0 amide bonds. The predicted octanol–water partition coefficient (Wildman–Crippen LogP) is 2.02. The summed E-state index contributed by atoms with van der Waals surface area (Å²) in [5.74, 6) is 0. The summed E-state index contributed by atoms with van der Waals surface area (Å²) in [4.78, 5) is 0. The molecule has 0 fully saturated rings. The summed E-state index contributed by atoms with van der Waals surface area (Å²) in [6.07, 6.45) is -1.01. The van der Waals surface area contributed by atoms with Gasteiger partial charge in [-0.25, -0.2) is 0 Å². The second-order valence-electron chi connectivity index (χ2n) is 3.38. The molecule has 1 aromatic heterocycles. The normalized spacial score (nSPS) is 14.2. The van der Waals surface area contributed by atoms with Crippen LogP contribution in [0.4, 0.5) is 13.2 Å². The summed E-state index contributed by atoms with van der Waals surface area (Å²) >= 11 is 0. The van der Waals surface area contributed by atoms with Gasteiger partial charge >= 0.3 is 6.18 Å². The zero-order chi connectivity index (χ0) is 11.5. The molecule has 0 spiro atoms. The maximum atomic E-state index is 12.6. The topological polar surface area (TPSA) is 29.9 Å². The Bertz CT molecular complexity index is 306. The van der Waals surface area contributed by atoms with Gasteiger partial charge in [0.15, 0.2) is 0 Å². The number of rotatable bonds is 4. The predicted molar refractivity (Wildman–Crippen MR) is 50.3 cm³/mol. The van der Waals surface area contributed by atoms with Crippen molar-refractivity contribution in [3.8, 4) is 0 Å². The van der Waals surface area contributed by atoms with Crippen LogP contribution < -0.4 is 5.32 Å². The average Bonchev–Trinajstić information content (AvgIpc) is 2.50. The van der Waals surface area contributed by atoms with Crippen LogP contribution in [0, 0.1) is 0 Å². The summed E-state index contributed by atoms with van der Waals surface area (Å²) in [5.41, 5.74) is 0.151. The lowest BCUT2D eigenvalue weighted by Gasteiger charge is -2.20. The Morgan fingerprint density at radius 3 is 2.60 bits per heavy atom. The van der Waals surface area contributed by atoms with E-state index in [9.17, 15) is 13.2 Å². The van der Waals surface area contributed by atoms with Gasteiger partial charge in [-0.1, -0.05) is 6.92 Å². The maximum Gasteiger partial charge on any atom is 0.408 e. The molecular weight excluding hydrogens is 207 g/mol. The van der Waals surface area contributed by atoms with E-state index in [1.54, 1.807) is 7.05 Å². The van der Waals surface area contributed by atoms with Crippen molar-refractivity contribution in [1.82, 2.24) is 15.1 Å². The Kier molecular flexibility index (Phi) is 3.73. The van der Waals surface area contributed by atoms with E-state index in [0.29, 0.717) is 13.0 Å². The summed E-state index contributed by atoms with van der Waals surface area (Å²) in [7, 11) is 1.59. The molecule has 0 saturated heterocycles. The van der Waals surface area contributed by atoms with Crippen molar-refractivity contribution >= 4 is 0 Å². The molecule has 1 aromatic rings. The number of halogens is 3. The third-order valence-electron chi connectivity index (χ3n) is 1.98. The van der Waals surface area contributed by atoms with Gasteiger partial charge < -0.3 is 5.32 Å². The molecule has 0 bridgehead atoms. The standard InChI is InChI=1S/C9H14F3N3/c1-3-4-13-8(9(10,11)12)7-5-14-15(2)6-7/h5-6,8,13H,3-4H2,1-2H3. The van der Waals surface area contributed by atoms with Gasteiger partial charge in [-0.2, -0.15) is 18.3 Å². The van der Waals surface area contributed by atoms with Crippen molar-refractivity contribution < 1.29 is 13.2 Å². The molecule has 6 heteroatoms. The smallest absolute Gasteiger partial charge is 0.302 e. The van der Waals surface area contributed by atoms with Gasteiger partial charge in [0.25, 0.3) is 0 Å². The monoisotopic (exact) mass is 221 g/mol. The van der Waals surface area contributed by atoms with Crippen LogP contribution in [-0.4, -0.2) is 22.5 Å². The van der Waals surface area contributed by atoms with E-state index >= 15 is 0 Å². The van der Waals surface area contributed by atoms with E-state index in [-0.39, 0.29) is 5.56 Å². The molecule has 1 heterocycles. The van der Waals surface area contributed by atoms with Crippen LogP contribution in [-0.2, 0) is 7.05 Å². The zero-order valence-corrected chi connectivity index (χ0v) is 8.67. The largest absolute Gasteiger partial charge is 0.408 e. The molecule has 15 heavy (non-hydrogen) atoms. The molecule has 0 saturated carbocycles. The van der Waals surface area contributed by atoms with E-state index < -0.39 is 12.2 Å². The summed E-state index contributed by atoms with van der Waals surface area (Å²) in [5, 5.41) is 6.20. The fraction of sp³-hybridized carbons (Fsp3) is 0.667. The minimum Gasteiger partial charge on any atom is -0.302 e. The quantitative estimate of drug-likeness (QED) is 0.843. The molecule has 0 radical (unpaired) electrons. The molecule has 1 atom stereocenters. The lowest BCUT2D eigenvalue weighted by Crippen LogP contribution is -2.34. The molecule has 3 nitrogen and oxygen atoms in total. The molecule has 0 aliphatic rings. The highest BCUT2D eigenvalue weighted by Gasteiger charge is 2.40. The van der Waals surface area contributed by atoms with Crippen LogP contribution >= 0.6 is 0 Å². The Morgan fingerprint density at radius 1 is 1.53 bits per heavy atom. The molecule has 1 rings (SSSR count). The lowest BCUT2D eigenvalue weighted by atomic mass is 10.1. The first-order chi connectivity index (χ1) is 6.95. The molecule has 1 N–H and O–H groups in total. The van der Waals surface area contributed by atoms with Crippen LogP contribution in [0.1, 0.15) is 24.9 Å². The SMILES string of the molecule is CCCNC(c1cnn(C)c1)C(F)(F)F. The van der Waals surface area contributed by atoms with Crippen molar-refractivity contribution in [3.63, 3.8) is 0 Å². The van der Waals surface area contributed by atoms with Crippen molar-refractivity contribution in [3.05, 3.63) is 18.0 Å². The fourth-order valence-corrected chi connectivity index (χ4v) is 1.30. The molecule has 0 aliphatic carbocycles. The maximum absolute atomic E-state index is 12.6. The van der Waals surface area contributed by atoms with Crippen LogP contribution in [0.3, 0.4) is 0 Å². The zero-order valence-electron chi connectivity index (χ0n) is 8.67. The minimum absolute atomic E-state index is 0.151. The van der Waals surface area contributed by atoms with E-state index in [4.69, 9.17) is 0 Å². The Morgan fingerprint density at radius 2 is 2.20 bits per heavy atom. The van der Waals surface area contributed by atoms with Gasteiger partial charge in [-0.15, -0.1) is 0 Å². The number of nitrogens with one attached hydrogen (secondary N) is 1. The van der Waals surface area contributed by atoms with Crippen molar-refractivity contribution in [1.29, 1.82) is 0 Å². The number of aromatic nitrogens is 2. The molecule has 0 aromatic carbocycles. The Labute approximate surface area is 86.3 Å². The first-order valence-electron chi connectivity index (χ1n) is 4.73.